The maximum Gasteiger partial charge on any atom is 0.335 e. The van der Waals surface area contributed by atoms with E-state index >= 15 is 0 Å². The highest BCUT2D eigenvalue weighted by molar-refractivity contribution is 5.87. The number of imidazole rings is 1. The van der Waals surface area contributed by atoms with Crippen LogP contribution in [-0.2, 0) is 6.54 Å². The summed E-state index contributed by atoms with van der Waals surface area (Å²) < 4.78 is 1.95. The molecule has 5 nitrogen and oxygen atoms in total. The summed E-state index contributed by atoms with van der Waals surface area (Å²) in [6.45, 7) is 0.730. The van der Waals surface area contributed by atoms with Crippen LogP contribution in [0.5, 0.6) is 0 Å². The molecule has 0 unspecified atom stereocenters. The van der Waals surface area contributed by atoms with Crippen molar-refractivity contribution < 1.29 is 9.90 Å². The fourth-order valence-electron chi connectivity index (χ4n) is 1.73. The lowest BCUT2D eigenvalue weighted by Crippen LogP contribution is -2.14. The normalized spacial score (nSPS) is 10.8. The topological polar surface area (TPSA) is 58.4 Å². The Morgan fingerprint density at radius 1 is 1.33 bits per heavy atom. The molecule has 0 atom stereocenters. The molecule has 5 heteroatoms. The third-order valence-electron chi connectivity index (χ3n) is 2.57. The van der Waals surface area contributed by atoms with Gasteiger partial charge in [-0.3, -0.25) is 0 Å². The summed E-state index contributed by atoms with van der Waals surface area (Å²) in [6, 6.07) is 6.75. The first-order valence-electron chi connectivity index (χ1n) is 5.58. The number of aromatic nitrogens is 2. The van der Waals surface area contributed by atoms with E-state index in [0.29, 0.717) is 0 Å². The molecule has 1 aromatic heterocycles. The summed E-state index contributed by atoms with van der Waals surface area (Å²) in [5.41, 5.74) is 1.20. The molecule has 0 saturated heterocycles. The summed E-state index contributed by atoms with van der Waals surface area (Å²) in [7, 11) is 3.96. The van der Waals surface area contributed by atoms with E-state index < -0.39 is 5.97 Å². The number of carboxylic acids is 1. The summed E-state index contributed by atoms with van der Waals surface area (Å²) in [5.74, 6) is 0.00349. The maximum absolute atomic E-state index is 10.8. The molecule has 0 spiro atoms. The van der Waals surface area contributed by atoms with Crippen LogP contribution >= 0.6 is 0 Å². The van der Waals surface area contributed by atoms with E-state index in [1.165, 1.54) is 0 Å². The molecule has 1 aromatic carbocycles. The molecule has 1 heterocycles. The van der Waals surface area contributed by atoms with Crippen LogP contribution in [0, 0.1) is 0 Å². The van der Waals surface area contributed by atoms with Gasteiger partial charge in [-0.05, 0) is 38.4 Å². The first-order chi connectivity index (χ1) is 8.58. The number of carbonyl (C=O) groups is 1. The first-order valence-corrected chi connectivity index (χ1v) is 5.58. The minimum atomic E-state index is -0.916. The number of rotatable bonds is 4. The van der Waals surface area contributed by atoms with E-state index in [4.69, 9.17) is 5.11 Å². The molecule has 2 rings (SSSR count). The second kappa shape index (κ2) is 5.01. The average molecular weight is 245 g/mol. The molecule has 0 saturated carbocycles. The van der Waals surface area contributed by atoms with Crippen molar-refractivity contribution in [1.29, 1.82) is 0 Å². The number of benzene rings is 1. The van der Waals surface area contributed by atoms with Crippen LogP contribution in [0.3, 0.4) is 0 Å². The zero-order valence-electron chi connectivity index (χ0n) is 10.4. The summed E-state index contributed by atoms with van der Waals surface area (Å²) in [6.07, 6.45) is 3.61. The van der Waals surface area contributed by atoms with Crippen molar-refractivity contribution in [2.45, 2.75) is 6.54 Å². The van der Waals surface area contributed by atoms with Gasteiger partial charge in [0.1, 0.15) is 5.82 Å². The third-order valence-corrected chi connectivity index (χ3v) is 2.57. The van der Waals surface area contributed by atoms with Crippen molar-refractivity contribution >= 4 is 5.97 Å². The molecule has 0 radical (unpaired) electrons. The van der Waals surface area contributed by atoms with E-state index in [1.54, 1.807) is 30.5 Å². The predicted octanol–water partition coefficient (Wildman–Crippen LogP) is 1.63. The largest absolute Gasteiger partial charge is 0.478 e. The lowest BCUT2D eigenvalue weighted by molar-refractivity contribution is 0.0697. The summed E-state index contributed by atoms with van der Waals surface area (Å²) in [5, 5.41) is 8.85. The molecule has 2 aromatic rings. The Kier molecular flexibility index (Phi) is 3.43. The molecule has 18 heavy (non-hydrogen) atoms. The highest BCUT2D eigenvalue weighted by atomic mass is 16.4. The van der Waals surface area contributed by atoms with Gasteiger partial charge in [0.25, 0.3) is 0 Å². The highest BCUT2D eigenvalue weighted by Gasteiger charge is 2.07. The second-order valence-corrected chi connectivity index (χ2v) is 4.30. The molecule has 0 aliphatic heterocycles. The standard InChI is InChI=1S/C13H15N3O2/c1-15(2)9-12-14-7-8-16(12)11-5-3-10(4-6-11)13(17)18/h3-8H,9H2,1-2H3,(H,17,18). The lowest BCUT2D eigenvalue weighted by Gasteiger charge is -2.12. The molecular weight excluding hydrogens is 230 g/mol. The van der Waals surface area contributed by atoms with Gasteiger partial charge >= 0.3 is 5.97 Å². The Labute approximate surface area is 105 Å². The van der Waals surface area contributed by atoms with Crippen LogP contribution in [0.4, 0.5) is 0 Å². The number of hydrogen-bond donors (Lipinski definition) is 1. The Hall–Kier alpha value is -2.14. The number of carboxylic acid groups (broad SMARTS) is 1. The molecule has 94 valence electrons. The number of nitrogens with zero attached hydrogens (tertiary/aromatic N) is 3. The Balaban J connectivity index is 2.31. The fourth-order valence-corrected chi connectivity index (χ4v) is 1.73. The van der Waals surface area contributed by atoms with Crippen LogP contribution in [0.2, 0.25) is 0 Å². The average Bonchev–Trinajstić information content (AvgIpc) is 2.76. The molecule has 1 N–H and O–H groups in total. The van der Waals surface area contributed by atoms with Gasteiger partial charge in [-0.25, -0.2) is 9.78 Å². The molecule has 0 fully saturated rings. The predicted molar refractivity (Wildman–Crippen MR) is 67.9 cm³/mol. The van der Waals surface area contributed by atoms with E-state index in [0.717, 1.165) is 18.1 Å². The molecule has 0 amide bonds. The zero-order valence-corrected chi connectivity index (χ0v) is 10.4. The monoisotopic (exact) mass is 245 g/mol. The summed E-state index contributed by atoms with van der Waals surface area (Å²) >= 11 is 0. The van der Waals surface area contributed by atoms with E-state index in [1.807, 2.05) is 29.8 Å². The van der Waals surface area contributed by atoms with Gasteiger partial charge in [-0.1, -0.05) is 0 Å². The van der Waals surface area contributed by atoms with Crippen LogP contribution in [0.1, 0.15) is 16.2 Å². The minimum Gasteiger partial charge on any atom is -0.478 e. The van der Waals surface area contributed by atoms with Crippen molar-refractivity contribution in [3.8, 4) is 5.69 Å². The van der Waals surface area contributed by atoms with Gasteiger partial charge < -0.3 is 14.6 Å². The van der Waals surface area contributed by atoms with Crippen molar-refractivity contribution in [2.24, 2.45) is 0 Å². The molecule has 0 aliphatic rings. The number of hydrogen-bond acceptors (Lipinski definition) is 3. The van der Waals surface area contributed by atoms with Crippen molar-refractivity contribution in [3.05, 3.63) is 48.0 Å². The van der Waals surface area contributed by atoms with Crippen LogP contribution in [0.15, 0.2) is 36.7 Å². The van der Waals surface area contributed by atoms with Gasteiger partial charge in [0, 0.05) is 18.1 Å². The molecule has 0 bridgehead atoms. The Bertz CT molecular complexity index is 544. The van der Waals surface area contributed by atoms with Crippen molar-refractivity contribution in [2.75, 3.05) is 14.1 Å². The van der Waals surface area contributed by atoms with Crippen LogP contribution < -0.4 is 0 Å². The van der Waals surface area contributed by atoms with Crippen LogP contribution in [-0.4, -0.2) is 39.6 Å². The van der Waals surface area contributed by atoms with Crippen LogP contribution in [0.25, 0.3) is 5.69 Å². The zero-order chi connectivity index (χ0) is 13.1. The van der Waals surface area contributed by atoms with Crippen molar-refractivity contribution in [3.63, 3.8) is 0 Å². The van der Waals surface area contributed by atoms with Gasteiger partial charge in [0.15, 0.2) is 0 Å². The van der Waals surface area contributed by atoms with Gasteiger partial charge in [0.2, 0.25) is 0 Å². The fraction of sp³-hybridized carbons (Fsp3) is 0.231. The van der Waals surface area contributed by atoms with E-state index in [-0.39, 0.29) is 5.56 Å². The highest BCUT2D eigenvalue weighted by Crippen LogP contribution is 2.13. The second-order valence-electron chi connectivity index (χ2n) is 4.30. The van der Waals surface area contributed by atoms with E-state index in [2.05, 4.69) is 4.98 Å². The third kappa shape index (κ3) is 2.57. The first kappa shape index (κ1) is 12.3. The molecule has 0 aliphatic carbocycles. The molecular formula is C13H15N3O2. The Morgan fingerprint density at radius 2 is 2.00 bits per heavy atom. The Morgan fingerprint density at radius 3 is 2.56 bits per heavy atom. The SMILES string of the molecule is CN(C)Cc1nccn1-c1ccc(C(=O)O)cc1. The van der Waals surface area contributed by atoms with Crippen molar-refractivity contribution in [1.82, 2.24) is 14.5 Å². The quantitative estimate of drug-likeness (QED) is 0.889. The van der Waals surface area contributed by atoms with Gasteiger partial charge in [-0.15, -0.1) is 0 Å². The summed E-state index contributed by atoms with van der Waals surface area (Å²) in [4.78, 5) is 17.1. The van der Waals surface area contributed by atoms with E-state index in [9.17, 15) is 4.79 Å². The van der Waals surface area contributed by atoms with Gasteiger partial charge in [-0.2, -0.15) is 0 Å². The minimum absolute atomic E-state index is 0.285. The lowest BCUT2D eigenvalue weighted by atomic mass is 10.2. The number of aromatic carboxylic acids is 1. The smallest absolute Gasteiger partial charge is 0.335 e. The maximum atomic E-state index is 10.8. The van der Waals surface area contributed by atoms with Gasteiger partial charge in [0.05, 0.1) is 12.1 Å².